The summed E-state index contributed by atoms with van der Waals surface area (Å²) >= 11 is 0. The van der Waals surface area contributed by atoms with Crippen LogP contribution in [-0.2, 0) is 4.74 Å². The summed E-state index contributed by atoms with van der Waals surface area (Å²) in [6.45, 7) is 2.30. The van der Waals surface area contributed by atoms with Crippen molar-refractivity contribution in [3.63, 3.8) is 0 Å². The molecule has 3 fully saturated rings. The van der Waals surface area contributed by atoms with Crippen LogP contribution in [0.1, 0.15) is 26.2 Å². The minimum atomic E-state index is 0.647. The maximum absolute atomic E-state index is 5.49. The normalized spacial score (nSPS) is 52.9. The fourth-order valence-electron chi connectivity index (χ4n) is 1.80. The molecule has 46 valence electrons. The van der Waals surface area contributed by atoms with Crippen molar-refractivity contribution in [3.8, 4) is 0 Å². The van der Waals surface area contributed by atoms with Gasteiger partial charge >= 0.3 is 0 Å². The third-order valence-electron chi connectivity index (χ3n) is 2.50. The lowest BCUT2D eigenvalue weighted by atomic mass is 9.80. The first-order valence-electron chi connectivity index (χ1n) is 3.53. The average Bonchev–Trinajstić information content (AvgIpc) is 1.89. The highest BCUT2D eigenvalue weighted by molar-refractivity contribution is 4.89. The summed E-state index contributed by atoms with van der Waals surface area (Å²) in [5.41, 5.74) is 0. The summed E-state index contributed by atoms with van der Waals surface area (Å²) < 4.78 is 5.49. The molecule has 1 nitrogen and oxygen atoms in total. The Balaban J connectivity index is 2.03. The second-order valence-electron chi connectivity index (χ2n) is 3.00. The molecule has 2 unspecified atom stereocenters. The Hall–Kier alpha value is -0.0400. The third kappa shape index (κ3) is 0.455. The first-order chi connectivity index (χ1) is 3.88. The smallest absolute Gasteiger partial charge is 0.0629 e. The van der Waals surface area contributed by atoms with Gasteiger partial charge in [0.15, 0.2) is 0 Å². The van der Waals surface area contributed by atoms with E-state index < -0.39 is 0 Å². The van der Waals surface area contributed by atoms with Gasteiger partial charge in [0.25, 0.3) is 0 Å². The second kappa shape index (κ2) is 1.47. The van der Waals surface area contributed by atoms with Crippen LogP contribution < -0.4 is 0 Å². The molecule has 1 aliphatic carbocycles. The highest BCUT2D eigenvalue weighted by atomic mass is 16.5. The van der Waals surface area contributed by atoms with E-state index in [9.17, 15) is 0 Å². The summed E-state index contributed by atoms with van der Waals surface area (Å²) in [6, 6.07) is 0. The molecule has 0 radical (unpaired) electrons. The SMILES string of the molecule is CC1C2CCCC1O2. The van der Waals surface area contributed by atoms with Gasteiger partial charge in [0.2, 0.25) is 0 Å². The average molecular weight is 112 g/mol. The predicted molar refractivity (Wildman–Crippen MR) is 31.7 cm³/mol. The molecule has 3 rings (SSSR count). The highest BCUT2D eigenvalue weighted by Crippen LogP contribution is 2.39. The van der Waals surface area contributed by atoms with E-state index in [1.165, 1.54) is 19.3 Å². The van der Waals surface area contributed by atoms with Crippen molar-refractivity contribution < 1.29 is 4.74 Å². The highest BCUT2D eigenvalue weighted by Gasteiger charge is 2.41. The van der Waals surface area contributed by atoms with Crippen molar-refractivity contribution in [1.82, 2.24) is 0 Å². The van der Waals surface area contributed by atoms with Gasteiger partial charge in [-0.3, -0.25) is 0 Å². The minimum Gasteiger partial charge on any atom is -0.374 e. The number of ether oxygens (including phenoxy) is 1. The molecular weight excluding hydrogens is 100 g/mol. The van der Waals surface area contributed by atoms with Gasteiger partial charge in [0.05, 0.1) is 12.2 Å². The van der Waals surface area contributed by atoms with Crippen molar-refractivity contribution in [1.29, 1.82) is 0 Å². The standard InChI is InChI=1S/C7H12O/c1-5-6-3-2-4-7(5)8-6/h5-7H,2-4H2,1H3. The van der Waals surface area contributed by atoms with Crippen LogP contribution in [0.4, 0.5) is 0 Å². The van der Waals surface area contributed by atoms with Crippen molar-refractivity contribution in [2.45, 2.75) is 38.4 Å². The Morgan fingerprint density at radius 3 is 2.12 bits per heavy atom. The molecule has 0 aromatic carbocycles. The van der Waals surface area contributed by atoms with Crippen LogP contribution in [0.15, 0.2) is 0 Å². The van der Waals surface area contributed by atoms with Crippen molar-refractivity contribution >= 4 is 0 Å². The van der Waals surface area contributed by atoms with Crippen LogP contribution in [0.2, 0.25) is 0 Å². The first kappa shape index (κ1) is 4.80. The molecule has 1 saturated carbocycles. The lowest BCUT2D eigenvalue weighted by Gasteiger charge is -2.47. The zero-order valence-corrected chi connectivity index (χ0v) is 5.26. The fraction of sp³-hybridized carbons (Fsp3) is 1.00. The number of fused-ring (bicyclic) bond motifs is 2. The molecule has 3 aliphatic rings. The third-order valence-corrected chi connectivity index (χ3v) is 2.50. The van der Waals surface area contributed by atoms with E-state index in [0.717, 1.165) is 5.92 Å². The maximum Gasteiger partial charge on any atom is 0.0629 e. The van der Waals surface area contributed by atoms with E-state index >= 15 is 0 Å². The lowest BCUT2D eigenvalue weighted by molar-refractivity contribution is -0.205. The molecule has 0 aromatic heterocycles. The van der Waals surface area contributed by atoms with Gasteiger partial charge in [-0.2, -0.15) is 0 Å². The van der Waals surface area contributed by atoms with Crippen molar-refractivity contribution in [3.05, 3.63) is 0 Å². The molecule has 0 aromatic rings. The Kier molecular flexibility index (Phi) is 0.884. The van der Waals surface area contributed by atoms with E-state index in [-0.39, 0.29) is 0 Å². The molecule has 8 heavy (non-hydrogen) atoms. The van der Waals surface area contributed by atoms with Gasteiger partial charge in [-0.15, -0.1) is 0 Å². The largest absolute Gasteiger partial charge is 0.374 e. The maximum atomic E-state index is 5.49. The Morgan fingerprint density at radius 1 is 1.25 bits per heavy atom. The van der Waals surface area contributed by atoms with Gasteiger partial charge in [-0.05, 0) is 19.3 Å². The van der Waals surface area contributed by atoms with Gasteiger partial charge in [0.1, 0.15) is 0 Å². The number of hydrogen-bond acceptors (Lipinski definition) is 1. The van der Waals surface area contributed by atoms with Crippen LogP contribution in [-0.4, -0.2) is 12.2 Å². The zero-order valence-electron chi connectivity index (χ0n) is 5.26. The molecule has 2 aliphatic heterocycles. The minimum absolute atomic E-state index is 0.647. The molecule has 2 saturated heterocycles. The second-order valence-corrected chi connectivity index (χ2v) is 3.00. The first-order valence-corrected chi connectivity index (χ1v) is 3.53. The zero-order chi connectivity index (χ0) is 5.56. The van der Waals surface area contributed by atoms with Crippen molar-refractivity contribution in [2.75, 3.05) is 0 Å². The molecule has 0 N–H and O–H groups in total. The van der Waals surface area contributed by atoms with Crippen LogP contribution in [0.3, 0.4) is 0 Å². The molecule has 1 heteroatoms. The Morgan fingerprint density at radius 2 is 1.88 bits per heavy atom. The summed E-state index contributed by atoms with van der Waals surface area (Å²) in [7, 11) is 0. The van der Waals surface area contributed by atoms with Gasteiger partial charge in [0, 0.05) is 5.92 Å². The van der Waals surface area contributed by atoms with Crippen molar-refractivity contribution in [2.24, 2.45) is 5.92 Å². The van der Waals surface area contributed by atoms with Crippen LogP contribution >= 0.6 is 0 Å². The van der Waals surface area contributed by atoms with Crippen LogP contribution in [0.25, 0.3) is 0 Å². The summed E-state index contributed by atoms with van der Waals surface area (Å²) in [5.74, 6) is 0.878. The van der Waals surface area contributed by atoms with E-state index in [0.29, 0.717) is 12.2 Å². The van der Waals surface area contributed by atoms with Gasteiger partial charge in [-0.25, -0.2) is 0 Å². The molecule has 0 amide bonds. The Bertz CT molecular complexity index is 86.6. The monoisotopic (exact) mass is 112 g/mol. The lowest BCUT2D eigenvalue weighted by Crippen LogP contribution is -2.50. The predicted octanol–water partition coefficient (Wildman–Crippen LogP) is 1.57. The Labute approximate surface area is 50.0 Å². The van der Waals surface area contributed by atoms with Crippen LogP contribution in [0.5, 0.6) is 0 Å². The van der Waals surface area contributed by atoms with Gasteiger partial charge in [-0.1, -0.05) is 6.92 Å². The van der Waals surface area contributed by atoms with Crippen LogP contribution in [0, 0.1) is 5.92 Å². The van der Waals surface area contributed by atoms with E-state index in [4.69, 9.17) is 4.74 Å². The molecule has 0 spiro atoms. The summed E-state index contributed by atoms with van der Waals surface area (Å²) in [6.07, 6.45) is 5.33. The van der Waals surface area contributed by atoms with E-state index in [1.54, 1.807) is 0 Å². The molecule has 2 atom stereocenters. The summed E-state index contributed by atoms with van der Waals surface area (Å²) in [4.78, 5) is 0. The number of hydrogen-bond donors (Lipinski definition) is 0. The topological polar surface area (TPSA) is 9.23 Å². The summed E-state index contributed by atoms with van der Waals surface area (Å²) in [5, 5.41) is 0. The fourth-order valence-corrected chi connectivity index (χ4v) is 1.80. The van der Waals surface area contributed by atoms with Gasteiger partial charge < -0.3 is 4.74 Å². The molecule has 2 bridgehead atoms. The van der Waals surface area contributed by atoms with E-state index in [2.05, 4.69) is 6.92 Å². The molecular formula is C7H12O. The van der Waals surface area contributed by atoms with E-state index in [1.807, 2.05) is 0 Å². The quantitative estimate of drug-likeness (QED) is 0.462. The molecule has 2 heterocycles. The number of rotatable bonds is 0.